The molecule has 0 saturated carbocycles. The predicted octanol–water partition coefficient (Wildman–Crippen LogP) is 2.96. The minimum Gasteiger partial charge on any atom is -0.314 e. The molecule has 21 heavy (non-hydrogen) atoms. The number of benzene rings is 1. The highest BCUT2D eigenvalue weighted by atomic mass is 19.1. The van der Waals surface area contributed by atoms with Crippen LogP contribution < -0.4 is 5.32 Å². The van der Waals surface area contributed by atoms with E-state index < -0.39 is 0 Å². The molecule has 0 bridgehead atoms. The van der Waals surface area contributed by atoms with E-state index in [1.54, 1.807) is 0 Å². The van der Waals surface area contributed by atoms with E-state index in [-0.39, 0.29) is 5.82 Å². The zero-order valence-electron chi connectivity index (χ0n) is 13.0. The number of halogens is 1. The van der Waals surface area contributed by atoms with Crippen molar-refractivity contribution in [3.63, 3.8) is 0 Å². The summed E-state index contributed by atoms with van der Waals surface area (Å²) in [6, 6.07) is 7.29. The van der Waals surface area contributed by atoms with Crippen molar-refractivity contribution in [1.29, 1.82) is 0 Å². The Balaban J connectivity index is 2.02. The van der Waals surface area contributed by atoms with Gasteiger partial charge < -0.3 is 5.32 Å². The van der Waals surface area contributed by atoms with Crippen LogP contribution in [0.3, 0.4) is 0 Å². The summed E-state index contributed by atoms with van der Waals surface area (Å²) in [5.74, 6) is 0.296. The van der Waals surface area contributed by atoms with Crippen LogP contribution >= 0.6 is 0 Å². The Morgan fingerprint density at radius 3 is 2.38 bits per heavy atom. The van der Waals surface area contributed by atoms with E-state index in [4.69, 9.17) is 0 Å². The second-order valence-electron chi connectivity index (χ2n) is 5.99. The van der Waals surface area contributed by atoms with Gasteiger partial charge in [0.25, 0.3) is 0 Å². The van der Waals surface area contributed by atoms with E-state index in [0.717, 1.165) is 19.4 Å². The maximum absolute atomic E-state index is 13.0. The van der Waals surface area contributed by atoms with Gasteiger partial charge in [0.2, 0.25) is 0 Å². The smallest absolute Gasteiger partial charge is 0.123 e. The summed E-state index contributed by atoms with van der Waals surface area (Å²) in [6.07, 6.45) is 5.90. The lowest BCUT2D eigenvalue weighted by atomic mass is 9.93. The largest absolute Gasteiger partial charge is 0.314 e. The second-order valence-corrected chi connectivity index (χ2v) is 5.99. The van der Waals surface area contributed by atoms with Gasteiger partial charge in [-0.05, 0) is 48.6 Å². The lowest BCUT2D eigenvalue weighted by molar-refractivity contribution is 0.444. The molecule has 4 heteroatoms. The van der Waals surface area contributed by atoms with Crippen LogP contribution in [0.2, 0.25) is 0 Å². The fraction of sp³-hybridized carbons (Fsp3) is 0.471. The first kappa shape index (κ1) is 15.7. The fourth-order valence-corrected chi connectivity index (χ4v) is 2.48. The van der Waals surface area contributed by atoms with Gasteiger partial charge in [0.1, 0.15) is 5.82 Å². The van der Waals surface area contributed by atoms with Crippen molar-refractivity contribution in [2.24, 2.45) is 13.0 Å². The molecule has 1 unspecified atom stereocenters. The standard InChI is InChI=1S/C17H24FN3/c1-13(2)19-10-15(9-16-11-20-21(3)12-16)8-14-4-6-17(18)7-5-14/h4-7,11-13,15,19H,8-10H2,1-3H3. The van der Waals surface area contributed by atoms with Gasteiger partial charge in [-0.25, -0.2) is 4.39 Å². The highest BCUT2D eigenvalue weighted by Crippen LogP contribution is 2.15. The molecular formula is C17H24FN3. The molecule has 3 nitrogen and oxygen atoms in total. The molecule has 0 aliphatic carbocycles. The van der Waals surface area contributed by atoms with Gasteiger partial charge in [-0.3, -0.25) is 4.68 Å². The molecule has 1 aromatic heterocycles. The third-order valence-corrected chi connectivity index (χ3v) is 3.54. The molecule has 0 fully saturated rings. The Kier molecular flexibility index (Phi) is 5.51. The van der Waals surface area contributed by atoms with Crippen LogP contribution in [0.4, 0.5) is 4.39 Å². The molecule has 0 aliphatic rings. The number of nitrogens with one attached hydrogen (secondary N) is 1. The summed E-state index contributed by atoms with van der Waals surface area (Å²) in [5.41, 5.74) is 2.42. The average molecular weight is 289 g/mol. The van der Waals surface area contributed by atoms with Gasteiger partial charge in [0.05, 0.1) is 6.20 Å². The molecule has 1 atom stereocenters. The Bertz CT molecular complexity index is 545. The minimum atomic E-state index is -0.178. The molecule has 0 radical (unpaired) electrons. The molecule has 114 valence electrons. The number of nitrogens with zero attached hydrogens (tertiary/aromatic N) is 2. The van der Waals surface area contributed by atoms with Crippen LogP contribution in [0, 0.1) is 11.7 Å². The van der Waals surface area contributed by atoms with Crippen molar-refractivity contribution in [2.45, 2.75) is 32.7 Å². The summed E-state index contributed by atoms with van der Waals surface area (Å²) in [7, 11) is 1.94. The van der Waals surface area contributed by atoms with Crippen molar-refractivity contribution in [2.75, 3.05) is 6.54 Å². The fourth-order valence-electron chi connectivity index (χ4n) is 2.48. The lowest BCUT2D eigenvalue weighted by Crippen LogP contribution is -2.31. The van der Waals surface area contributed by atoms with Crippen LogP contribution in [-0.2, 0) is 19.9 Å². The van der Waals surface area contributed by atoms with Crippen molar-refractivity contribution >= 4 is 0 Å². The molecule has 0 saturated heterocycles. The summed E-state index contributed by atoms with van der Waals surface area (Å²) < 4.78 is 14.8. The summed E-state index contributed by atoms with van der Waals surface area (Å²) in [4.78, 5) is 0. The summed E-state index contributed by atoms with van der Waals surface area (Å²) >= 11 is 0. The molecule has 2 aromatic rings. The Morgan fingerprint density at radius 2 is 1.81 bits per heavy atom. The van der Waals surface area contributed by atoms with Crippen molar-refractivity contribution < 1.29 is 4.39 Å². The van der Waals surface area contributed by atoms with Crippen LogP contribution in [-0.4, -0.2) is 22.4 Å². The maximum atomic E-state index is 13.0. The predicted molar refractivity (Wildman–Crippen MR) is 83.6 cm³/mol. The van der Waals surface area contributed by atoms with Crippen LogP contribution in [0.5, 0.6) is 0 Å². The van der Waals surface area contributed by atoms with Gasteiger partial charge >= 0.3 is 0 Å². The topological polar surface area (TPSA) is 29.9 Å². The SMILES string of the molecule is CC(C)NCC(Cc1ccc(F)cc1)Cc1cnn(C)c1. The number of hydrogen-bond acceptors (Lipinski definition) is 2. The number of aromatic nitrogens is 2. The first-order valence-corrected chi connectivity index (χ1v) is 7.48. The van der Waals surface area contributed by atoms with Crippen LogP contribution in [0.15, 0.2) is 36.7 Å². The monoisotopic (exact) mass is 289 g/mol. The van der Waals surface area contributed by atoms with E-state index in [9.17, 15) is 4.39 Å². The molecule has 0 aliphatic heterocycles. The zero-order chi connectivity index (χ0) is 15.2. The van der Waals surface area contributed by atoms with E-state index in [0.29, 0.717) is 12.0 Å². The molecular weight excluding hydrogens is 265 g/mol. The Hall–Kier alpha value is -1.68. The average Bonchev–Trinajstić information content (AvgIpc) is 2.84. The van der Waals surface area contributed by atoms with E-state index in [1.807, 2.05) is 30.1 Å². The highest BCUT2D eigenvalue weighted by Gasteiger charge is 2.12. The van der Waals surface area contributed by atoms with Gasteiger partial charge in [-0.2, -0.15) is 5.10 Å². The lowest BCUT2D eigenvalue weighted by Gasteiger charge is -2.19. The van der Waals surface area contributed by atoms with Crippen molar-refractivity contribution in [3.8, 4) is 0 Å². The Labute approximate surface area is 126 Å². The first-order chi connectivity index (χ1) is 10.0. The van der Waals surface area contributed by atoms with Gasteiger partial charge in [-0.1, -0.05) is 26.0 Å². The van der Waals surface area contributed by atoms with Crippen molar-refractivity contribution in [1.82, 2.24) is 15.1 Å². The van der Waals surface area contributed by atoms with Crippen LogP contribution in [0.25, 0.3) is 0 Å². The molecule has 0 spiro atoms. The van der Waals surface area contributed by atoms with Gasteiger partial charge in [0, 0.05) is 19.3 Å². The van der Waals surface area contributed by atoms with E-state index in [2.05, 4.69) is 30.5 Å². The van der Waals surface area contributed by atoms with Crippen LogP contribution in [0.1, 0.15) is 25.0 Å². The third-order valence-electron chi connectivity index (χ3n) is 3.54. The normalized spacial score (nSPS) is 12.8. The number of hydrogen-bond donors (Lipinski definition) is 1. The molecule has 1 heterocycles. The third kappa shape index (κ3) is 5.31. The number of rotatable bonds is 7. The maximum Gasteiger partial charge on any atom is 0.123 e. The van der Waals surface area contributed by atoms with Crippen molar-refractivity contribution in [3.05, 3.63) is 53.6 Å². The summed E-state index contributed by atoms with van der Waals surface area (Å²) in [6.45, 7) is 5.25. The Morgan fingerprint density at radius 1 is 1.14 bits per heavy atom. The quantitative estimate of drug-likeness (QED) is 0.849. The highest BCUT2D eigenvalue weighted by molar-refractivity contribution is 5.17. The zero-order valence-corrected chi connectivity index (χ0v) is 13.0. The molecule has 0 amide bonds. The molecule has 2 rings (SSSR count). The number of aryl methyl sites for hydroxylation is 1. The van der Waals surface area contributed by atoms with E-state index in [1.165, 1.54) is 23.3 Å². The summed E-state index contributed by atoms with van der Waals surface area (Å²) in [5, 5.41) is 7.73. The van der Waals surface area contributed by atoms with Gasteiger partial charge in [-0.15, -0.1) is 0 Å². The van der Waals surface area contributed by atoms with Gasteiger partial charge in [0.15, 0.2) is 0 Å². The second kappa shape index (κ2) is 7.36. The molecule has 1 N–H and O–H groups in total. The minimum absolute atomic E-state index is 0.178. The first-order valence-electron chi connectivity index (χ1n) is 7.48. The molecule has 1 aromatic carbocycles. The van der Waals surface area contributed by atoms with E-state index >= 15 is 0 Å².